The standard InChI is InChI=1S/C22H34N6O4/c1-13(2)11-12-28-16-17(26(6)21(31)27(7)18(16)29)25-19(28)23-14-9-8-10-15(14)24-20(30)32-22(3,4)5/h11,14-15H,8-10,12H2,1-7H3,(H,23,25)(H,24,30)/t14-,15+/m1/s1. The minimum atomic E-state index is -0.575. The van der Waals surface area contributed by atoms with Crippen LogP contribution in [-0.4, -0.2) is 42.5 Å². The molecule has 3 rings (SSSR count). The first-order valence-electron chi connectivity index (χ1n) is 10.9. The second kappa shape index (κ2) is 8.84. The maximum absolute atomic E-state index is 12.9. The van der Waals surface area contributed by atoms with Gasteiger partial charge in [-0.25, -0.2) is 9.59 Å². The number of aryl methyl sites for hydroxylation is 1. The van der Waals surface area contributed by atoms with Crippen LogP contribution in [0.4, 0.5) is 10.7 Å². The van der Waals surface area contributed by atoms with Crippen LogP contribution < -0.4 is 21.9 Å². The first-order valence-corrected chi connectivity index (χ1v) is 10.9. The number of hydrogen-bond donors (Lipinski definition) is 2. The van der Waals surface area contributed by atoms with Gasteiger partial charge in [0.15, 0.2) is 11.2 Å². The Morgan fingerprint density at radius 3 is 2.44 bits per heavy atom. The monoisotopic (exact) mass is 446 g/mol. The van der Waals surface area contributed by atoms with Crippen molar-refractivity contribution in [3.63, 3.8) is 0 Å². The molecule has 2 N–H and O–H groups in total. The molecule has 2 aromatic rings. The van der Waals surface area contributed by atoms with Gasteiger partial charge in [-0.05, 0) is 53.9 Å². The third-order valence-electron chi connectivity index (χ3n) is 5.56. The summed E-state index contributed by atoms with van der Waals surface area (Å²) in [4.78, 5) is 42.2. The predicted molar refractivity (Wildman–Crippen MR) is 124 cm³/mol. The van der Waals surface area contributed by atoms with Crippen molar-refractivity contribution in [1.82, 2.24) is 24.0 Å². The summed E-state index contributed by atoms with van der Waals surface area (Å²) in [5.41, 5.74) is 0.410. The molecule has 1 fully saturated rings. The second-order valence-electron chi connectivity index (χ2n) is 9.64. The molecule has 0 spiro atoms. The molecule has 0 radical (unpaired) electrons. The van der Waals surface area contributed by atoms with Gasteiger partial charge in [0.2, 0.25) is 5.95 Å². The van der Waals surface area contributed by atoms with E-state index in [-0.39, 0.29) is 17.6 Å². The smallest absolute Gasteiger partial charge is 0.407 e. The number of nitrogens with one attached hydrogen (secondary N) is 2. The topological polar surface area (TPSA) is 112 Å². The zero-order valence-electron chi connectivity index (χ0n) is 20.0. The van der Waals surface area contributed by atoms with Crippen LogP contribution in [0.3, 0.4) is 0 Å². The third-order valence-corrected chi connectivity index (χ3v) is 5.56. The maximum atomic E-state index is 12.9. The lowest BCUT2D eigenvalue weighted by Gasteiger charge is -2.25. The quantitative estimate of drug-likeness (QED) is 0.682. The molecular formula is C22H34N6O4. The van der Waals surface area contributed by atoms with Gasteiger partial charge < -0.3 is 19.9 Å². The van der Waals surface area contributed by atoms with Gasteiger partial charge in [0.05, 0.1) is 6.04 Å². The van der Waals surface area contributed by atoms with Crippen molar-refractivity contribution in [2.45, 2.75) is 78.1 Å². The molecule has 10 heteroatoms. The highest BCUT2D eigenvalue weighted by molar-refractivity contribution is 5.74. The summed E-state index contributed by atoms with van der Waals surface area (Å²) >= 11 is 0. The fraction of sp³-hybridized carbons (Fsp3) is 0.636. The number of hydrogen-bond acceptors (Lipinski definition) is 6. The number of carbonyl (C=O) groups excluding carboxylic acids is 1. The summed E-state index contributed by atoms with van der Waals surface area (Å²) in [7, 11) is 3.07. The Hall–Kier alpha value is -3.04. The van der Waals surface area contributed by atoms with E-state index in [9.17, 15) is 14.4 Å². The number of ether oxygens (including phenoxy) is 1. The first-order chi connectivity index (χ1) is 14.9. The summed E-state index contributed by atoms with van der Waals surface area (Å²) in [6, 6.07) is -0.209. The lowest BCUT2D eigenvalue weighted by atomic mass is 10.2. The van der Waals surface area contributed by atoms with Crippen LogP contribution in [-0.2, 0) is 25.4 Å². The Kier molecular flexibility index (Phi) is 6.52. The van der Waals surface area contributed by atoms with Gasteiger partial charge in [0.1, 0.15) is 5.60 Å². The van der Waals surface area contributed by atoms with Crippen molar-refractivity contribution in [3.05, 3.63) is 32.5 Å². The van der Waals surface area contributed by atoms with E-state index in [0.29, 0.717) is 23.7 Å². The van der Waals surface area contributed by atoms with Crippen LogP contribution in [0.2, 0.25) is 0 Å². The Morgan fingerprint density at radius 1 is 1.16 bits per heavy atom. The number of rotatable bonds is 5. The molecule has 1 saturated carbocycles. The highest BCUT2D eigenvalue weighted by atomic mass is 16.6. The number of alkyl carbamates (subject to hydrolysis) is 1. The molecule has 0 bridgehead atoms. The molecule has 1 aliphatic carbocycles. The van der Waals surface area contributed by atoms with E-state index >= 15 is 0 Å². The molecule has 2 aromatic heterocycles. The number of amides is 1. The fourth-order valence-corrected chi connectivity index (χ4v) is 3.94. The van der Waals surface area contributed by atoms with Crippen LogP contribution in [0.15, 0.2) is 21.2 Å². The average Bonchev–Trinajstić information content (AvgIpc) is 3.26. The highest BCUT2D eigenvalue weighted by Gasteiger charge is 2.32. The van der Waals surface area contributed by atoms with E-state index in [4.69, 9.17) is 4.74 Å². The van der Waals surface area contributed by atoms with E-state index in [1.54, 1.807) is 11.6 Å². The number of aromatic nitrogens is 4. The summed E-state index contributed by atoms with van der Waals surface area (Å²) in [6.07, 6.45) is 4.13. The van der Waals surface area contributed by atoms with E-state index in [2.05, 4.69) is 15.6 Å². The lowest BCUT2D eigenvalue weighted by Crippen LogP contribution is -2.45. The predicted octanol–water partition coefficient (Wildman–Crippen LogP) is 2.26. The number of nitrogens with zero attached hydrogens (tertiary/aromatic N) is 4. The zero-order valence-corrected chi connectivity index (χ0v) is 20.0. The Morgan fingerprint density at radius 2 is 1.81 bits per heavy atom. The van der Waals surface area contributed by atoms with Crippen molar-refractivity contribution in [2.24, 2.45) is 14.1 Å². The van der Waals surface area contributed by atoms with Gasteiger partial charge in [-0.3, -0.25) is 13.9 Å². The molecule has 0 saturated heterocycles. The van der Waals surface area contributed by atoms with Gasteiger partial charge >= 0.3 is 11.8 Å². The first kappa shape index (κ1) is 23.6. The minimum Gasteiger partial charge on any atom is -0.444 e. The van der Waals surface area contributed by atoms with E-state index in [0.717, 1.165) is 29.4 Å². The molecular weight excluding hydrogens is 412 g/mol. The maximum Gasteiger partial charge on any atom is 0.407 e. The van der Waals surface area contributed by atoms with Crippen molar-refractivity contribution >= 4 is 23.2 Å². The van der Waals surface area contributed by atoms with Gasteiger partial charge in [-0.15, -0.1) is 0 Å². The van der Waals surface area contributed by atoms with Crippen molar-refractivity contribution in [3.8, 4) is 0 Å². The van der Waals surface area contributed by atoms with Crippen LogP contribution in [0.1, 0.15) is 53.9 Å². The lowest BCUT2D eigenvalue weighted by molar-refractivity contribution is 0.0503. The van der Waals surface area contributed by atoms with Gasteiger partial charge in [0.25, 0.3) is 5.56 Å². The van der Waals surface area contributed by atoms with Crippen LogP contribution >= 0.6 is 0 Å². The summed E-state index contributed by atoms with van der Waals surface area (Å²) < 4.78 is 9.68. The Balaban J connectivity index is 1.98. The third kappa shape index (κ3) is 4.89. The van der Waals surface area contributed by atoms with Crippen LogP contribution in [0, 0.1) is 0 Å². The Labute approximate surface area is 187 Å². The molecule has 176 valence electrons. The molecule has 2 heterocycles. The van der Waals surface area contributed by atoms with Gasteiger partial charge in [-0.1, -0.05) is 11.6 Å². The zero-order chi connectivity index (χ0) is 23.8. The van der Waals surface area contributed by atoms with Crippen LogP contribution in [0.5, 0.6) is 0 Å². The van der Waals surface area contributed by atoms with Crippen molar-refractivity contribution < 1.29 is 9.53 Å². The second-order valence-corrected chi connectivity index (χ2v) is 9.64. The molecule has 0 aromatic carbocycles. The number of carbonyl (C=O) groups is 1. The number of imidazole rings is 1. The molecule has 0 aliphatic heterocycles. The van der Waals surface area contributed by atoms with Crippen molar-refractivity contribution in [2.75, 3.05) is 5.32 Å². The van der Waals surface area contributed by atoms with Gasteiger partial charge in [-0.2, -0.15) is 4.98 Å². The summed E-state index contributed by atoms with van der Waals surface area (Å²) in [5, 5.41) is 6.38. The van der Waals surface area contributed by atoms with E-state index in [1.807, 2.05) is 40.7 Å². The molecule has 0 unspecified atom stereocenters. The summed E-state index contributed by atoms with van der Waals surface area (Å²) in [5.74, 6) is 0.499. The fourth-order valence-electron chi connectivity index (χ4n) is 3.94. The van der Waals surface area contributed by atoms with E-state index < -0.39 is 17.4 Å². The molecule has 32 heavy (non-hydrogen) atoms. The van der Waals surface area contributed by atoms with Crippen molar-refractivity contribution in [1.29, 1.82) is 0 Å². The highest BCUT2D eigenvalue weighted by Crippen LogP contribution is 2.25. The minimum absolute atomic E-state index is 0.0781. The number of allylic oxidation sites excluding steroid dienone is 2. The molecule has 10 nitrogen and oxygen atoms in total. The average molecular weight is 447 g/mol. The SMILES string of the molecule is CC(C)=CCn1c(N[C@@H]2CCC[C@@H]2NC(=O)OC(C)(C)C)nc2c1c(=O)n(C)c(=O)n2C. The number of anilines is 1. The molecule has 1 aliphatic rings. The van der Waals surface area contributed by atoms with E-state index in [1.165, 1.54) is 11.6 Å². The Bertz CT molecular complexity index is 1160. The normalized spacial score (nSPS) is 18.6. The summed E-state index contributed by atoms with van der Waals surface area (Å²) in [6.45, 7) is 9.88. The largest absolute Gasteiger partial charge is 0.444 e. The number of fused-ring (bicyclic) bond motifs is 1. The van der Waals surface area contributed by atoms with Gasteiger partial charge in [0, 0.05) is 26.7 Å². The van der Waals surface area contributed by atoms with Crippen LogP contribution in [0.25, 0.3) is 11.2 Å². The molecule has 2 atom stereocenters. The molecule has 1 amide bonds.